The molecule has 0 spiro atoms. The number of carbonyl (C=O) groups excluding carboxylic acids is 2. The Hall–Kier alpha value is -3.67. The minimum atomic E-state index is -1.44. The normalized spacial score (nSPS) is 22.7. The molecule has 10 nitrogen and oxygen atoms in total. The number of fused-ring (bicyclic) bond motifs is 1. The molecule has 3 atom stereocenters. The summed E-state index contributed by atoms with van der Waals surface area (Å²) < 4.78 is 46.4. The highest BCUT2D eigenvalue weighted by Gasteiger charge is 2.72. The Kier molecular flexibility index (Phi) is 10.1. The Balaban J connectivity index is 1.77. The molecule has 4 rings (SSSR count). The van der Waals surface area contributed by atoms with Crippen molar-refractivity contribution >= 4 is 49.0 Å². The molecule has 1 aliphatic carbocycles. The zero-order chi connectivity index (χ0) is 34.1. The van der Waals surface area contributed by atoms with Gasteiger partial charge in [0, 0.05) is 38.6 Å². The number of amides is 1. The second kappa shape index (κ2) is 13.2. The highest BCUT2D eigenvalue weighted by atomic mass is 32.2. The maximum Gasteiger partial charge on any atom is 0.418 e. The van der Waals surface area contributed by atoms with Crippen LogP contribution in [-0.2, 0) is 24.5 Å². The fourth-order valence-electron chi connectivity index (χ4n) is 5.03. The van der Waals surface area contributed by atoms with Gasteiger partial charge in [-0.05, 0) is 70.0 Å². The van der Waals surface area contributed by atoms with Crippen molar-refractivity contribution in [1.82, 2.24) is 14.9 Å². The van der Waals surface area contributed by atoms with Gasteiger partial charge in [-0.2, -0.15) is 9.65 Å². The van der Waals surface area contributed by atoms with E-state index in [0.717, 1.165) is 23.9 Å². The molecule has 2 aromatic rings. The Morgan fingerprint density at radius 3 is 2.54 bits per heavy atom. The molecule has 3 heterocycles. The number of hydrogen-bond acceptors (Lipinski definition) is 10. The van der Waals surface area contributed by atoms with E-state index in [1.807, 2.05) is 6.07 Å². The van der Waals surface area contributed by atoms with Crippen molar-refractivity contribution in [3.8, 4) is 6.07 Å². The van der Waals surface area contributed by atoms with Crippen LogP contribution in [0.1, 0.15) is 56.5 Å². The fraction of sp³-hybridized carbons (Fsp3) is 0.500. The van der Waals surface area contributed by atoms with Crippen LogP contribution in [0.25, 0.3) is 11.9 Å². The quantitative estimate of drug-likeness (QED) is 0.0935. The maximum atomic E-state index is 15.6. The summed E-state index contributed by atoms with van der Waals surface area (Å²) in [5, 5.41) is 9.11. The summed E-state index contributed by atoms with van der Waals surface area (Å²) in [5.74, 6) is -2.63. The Labute approximate surface area is 273 Å². The summed E-state index contributed by atoms with van der Waals surface area (Å²) in [4.78, 5) is 40.7. The van der Waals surface area contributed by atoms with Crippen LogP contribution in [0.2, 0.25) is 25.7 Å². The lowest BCUT2D eigenvalue weighted by molar-refractivity contribution is -0.141. The molecule has 0 radical (unpaired) electrons. The number of aliphatic imine (C=N–C) groups is 1. The standard InChI is InChI=1S/C32H39F2N5O5SSi/c1-30(2,3)44-29(41)39(19-43-11-12-46(6,7)8)28-38-31(4,25-15-32(25,45-28)27(40)42-5)22-13-21(18-37-26(22)34)14-23(33)24-10-9-20(16-35)17-36-24/h9-10,13-14,17-18,25H,11-12,15,19H2,1-8H3/b23-14-/t25-,31+,32-/m0/s1. The van der Waals surface area contributed by atoms with Gasteiger partial charge in [-0.1, -0.05) is 31.4 Å². The number of hydrogen-bond donors (Lipinski definition) is 0. The van der Waals surface area contributed by atoms with Gasteiger partial charge in [-0.25, -0.2) is 19.1 Å². The molecule has 246 valence electrons. The van der Waals surface area contributed by atoms with Crippen LogP contribution in [0.4, 0.5) is 13.6 Å². The fourth-order valence-corrected chi connectivity index (χ4v) is 7.38. The van der Waals surface area contributed by atoms with E-state index in [1.165, 1.54) is 42.6 Å². The van der Waals surface area contributed by atoms with Crippen molar-refractivity contribution in [2.45, 2.75) is 75.7 Å². The Bertz CT molecular complexity index is 1600. The van der Waals surface area contributed by atoms with Gasteiger partial charge in [0.2, 0.25) is 5.95 Å². The van der Waals surface area contributed by atoms with Crippen molar-refractivity contribution < 1.29 is 32.6 Å². The first kappa shape index (κ1) is 35.2. The third-order valence-electron chi connectivity index (χ3n) is 7.62. The average molecular weight is 672 g/mol. The van der Waals surface area contributed by atoms with Gasteiger partial charge in [0.1, 0.15) is 29.0 Å². The molecule has 46 heavy (non-hydrogen) atoms. The van der Waals surface area contributed by atoms with Crippen molar-refractivity contribution in [3.63, 3.8) is 0 Å². The third kappa shape index (κ3) is 7.82. The predicted molar refractivity (Wildman–Crippen MR) is 174 cm³/mol. The van der Waals surface area contributed by atoms with Gasteiger partial charge in [-0.3, -0.25) is 14.8 Å². The predicted octanol–water partition coefficient (Wildman–Crippen LogP) is 6.75. The van der Waals surface area contributed by atoms with E-state index in [2.05, 4.69) is 29.6 Å². The maximum absolute atomic E-state index is 15.6. The SMILES string of the molecule is COC(=O)[C@]12C[C@H]1[C@@](C)(c1cc(/C=C(\F)c3ccc(C#N)cn3)cnc1F)N=C(N(COCC[Si](C)(C)C)C(=O)OC(C)(C)C)S2. The van der Waals surface area contributed by atoms with Gasteiger partial charge in [0.15, 0.2) is 5.17 Å². The number of aromatic nitrogens is 2. The molecule has 1 fully saturated rings. The second-order valence-electron chi connectivity index (χ2n) is 13.7. The number of rotatable bonds is 9. The molecule has 2 aliphatic rings. The summed E-state index contributed by atoms with van der Waals surface area (Å²) in [6.45, 7) is 13.7. The van der Waals surface area contributed by atoms with Crippen LogP contribution in [0.15, 0.2) is 35.6 Å². The lowest BCUT2D eigenvalue weighted by Gasteiger charge is -2.37. The number of methoxy groups -OCH3 is 1. The van der Waals surface area contributed by atoms with Crippen molar-refractivity contribution in [2.24, 2.45) is 10.9 Å². The number of halogens is 2. The van der Waals surface area contributed by atoms with Crippen molar-refractivity contribution in [3.05, 3.63) is 58.9 Å². The van der Waals surface area contributed by atoms with E-state index in [-0.39, 0.29) is 40.7 Å². The summed E-state index contributed by atoms with van der Waals surface area (Å²) in [7, 11) is -0.168. The Morgan fingerprint density at radius 2 is 1.96 bits per heavy atom. The summed E-state index contributed by atoms with van der Waals surface area (Å²) in [6, 6.07) is 7.00. The molecule has 14 heteroatoms. The molecule has 0 N–H and O–H groups in total. The molecule has 0 unspecified atom stereocenters. The van der Waals surface area contributed by atoms with Crippen LogP contribution in [0.3, 0.4) is 0 Å². The van der Waals surface area contributed by atoms with E-state index in [1.54, 1.807) is 27.7 Å². The van der Waals surface area contributed by atoms with E-state index < -0.39 is 53.7 Å². The Morgan fingerprint density at radius 1 is 1.24 bits per heavy atom. The van der Waals surface area contributed by atoms with E-state index in [0.29, 0.717) is 6.61 Å². The number of nitrogens with zero attached hydrogens (tertiary/aromatic N) is 5. The number of pyridine rings is 2. The minimum absolute atomic E-state index is 0.0132. The van der Waals surface area contributed by atoms with Gasteiger partial charge in [-0.15, -0.1) is 0 Å². The molecular weight excluding hydrogens is 633 g/mol. The van der Waals surface area contributed by atoms with Crippen molar-refractivity contribution in [1.29, 1.82) is 5.26 Å². The van der Waals surface area contributed by atoms with E-state index in [4.69, 9.17) is 24.5 Å². The first-order valence-corrected chi connectivity index (χ1v) is 19.3. The molecule has 2 aromatic heterocycles. The number of nitriles is 1. The largest absolute Gasteiger partial charge is 0.468 e. The number of thioether (sulfide) groups is 1. The third-order valence-corrected chi connectivity index (χ3v) is 10.8. The summed E-state index contributed by atoms with van der Waals surface area (Å²) in [5.41, 5.74) is -1.75. The zero-order valence-electron chi connectivity index (χ0n) is 27.3. The first-order chi connectivity index (χ1) is 21.4. The topological polar surface area (TPSA) is 127 Å². The van der Waals surface area contributed by atoms with Crippen LogP contribution in [0, 0.1) is 23.2 Å². The first-order valence-electron chi connectivity index (χ1n) is 14.8. The number of amidine groups is 1. The molecular formula is C32H39F2N5O5SSi. The number of esters is 1. The number of carbonyl (C=O) groups is 2. The highest BCUT2D eigenvalue weighted by molar-refractivity contribution is 8.15. The van der Waals surface area contributed by atoms with Crippen LogP contribution < -0.4 is 0 Å². The van der Waals surface area contributed by atoms with Gasteiger partial charge < -0.3 is 14.2 Å². The molecule has 1 amide bonds. The summed E-state index contributed by atoms with van der Waals surface area (Å²) in [6.07, 6.45) is 3.12. The number of ether oxygens (including phenoxy) is 3. The minimum Gasteiger partial charge on any atom is -0.468 e. The van der Waals surface area contributed by atoms with Gasteiger partial charge >= 0.3 is 12.1 Å². The van der Waals surface area contributed by atoms with Crippen LogP contribution in [0.5, 0.6) is 0 Å². The summed E-state index contributed by atoms with van der Waals surface area (Å²) >= 11 is 1.07. The molecule has 1 aliphatic heterocycles. The molecule has 0 bridgehead atoms. The van der Waals surface area contributed by atoms with Crippen LogP contribution in [-0.4, -0.2) is 71.0 Å². The average Bonchev–Trinajstić information content (AvgIpc) is 3.73. The smallest absolute Gasteiger partial charge is 0.418 e. The second-order valence-corrected chi connectivity index (χ2v) is 20.6. The lowest BCUT2D eigenvalue weighted by Crippen LogP contribution is -2.47. The van der Waals surface area contributed by atoms with E-state index >= 15 is 8.78 Å². The zero-order valence-corrected chi connectivity index (χ0v) is 29.1. The monoisotopic (exact) mass is 671 g/mol. The van der Waals surface area contributed by atoms with Gasteiger partial charge in [0.25, 0.3) is 0 Å². The van der Waals surface area contributed by atoms with Crippen LogP contribution >= 0.6 is 11.8 Å². The molecule has 1 saturated carbocycles. The van der Waals surface area contributed by atoms with Gasteiger partial charge in [0.05, 0.1) is 23.9 Å². The van der Waals surface area contributed by atoms with E-state index in [9.17, 15) is 9.59 Å². The lowest BCUT2D eigenvalue weighted by atomic mass is 9.86. The van der Waals surface area contributed by atoms with Crippen molar-refractivity contribution in [2.75, 3.05) is 20.4 Å². The molecule has 0 aromatic carbocycles. The molecule has 0 saturated heterocycles. The highest BCUT2D eigenvalue weighted by Crippen LogP contribution is 2.67.